The van der Waals surface area contributed by atoms with Gasteiger partial charge in [0.05, 0.1) is 51.2 Å². The lowest BCUT2D eigenvalue weighted by atomic mass is 9.90. The van der Waals surface area contributed by atoms with Crippen LogP contribution in [0.4, 0.5) is 0 Å². The predicted molar refractivity (Wildman–Crippen MR) is 621 cm³/mol. The van der Waals surface area contributed by atoms with E-state index in [-0.39, 0.29) is 14.2 Å². The molecule has 0 saturated carbocycles. The van der Waals surface area contributed by atoms with E-state index < -0.39 is 0 Å². The van der Waals surface area contributed by atoms with Crippen LogP contribution in [-0.2, 0) is 14.2 Å². The molecule has 702 valence electrons. The third-order valence-corrected chi connectivity index (χ3v) is 32.5. The van der Waals surface area contributed by atoms with Crippen molar-refractivity contribution < 1.29 is 0 Å². The molecule has 27 rings (SSSR count). The molecule has 3 aliphatic rings. The minimum atomic E-state index is -0.166. The Kier molecular flexibility index (Phi) is 23.8. The van der Waals surface area contributed by atoms with Gasteiger partial charge in [0.2, 0.25) is 0 Å². The normalized spacial score (nSPS) is 13.2. The molecule has 0 spiro atoms. The average molecular weight is 1940 g/mol. The summed E-state index contributed by atoms with van der Waals surface area (Å²) < 4.78 is 6.74. The van der Waals surface area contributed by atoms with Gasteiger partial charge in [0, 0.05) is 47.6 Å². The van der Waals surface area contributed by atoms with E-state index in [0.29, 0.717) is 0 Å². The fraction of sp³-hybridized carbons (Fsp3) is 0.0652. The van der Waals surface area contributed by atoms with Crippen LogP contribution in [0.2, 0.25) is 0 Å². The third-order valence-electron chi connectivity index (χ3n) is 28.9. The van der Waals surface area contributed by atoms with Gasteiger partial charge in [0.25, 0.3) is 0 Å². The van der Waals surface area contributed by atoms with E-state index in [4.69, 9.17) is 15.0 Å². The molecule has 3 aliphatic heterocycles. The zero-order valence-corrected chi connectivity index (χ0v) is 84.9. The fourth-order valence-electron chi connectivity index (χ4n) is 21.5. The molecule has 0 radical (unpaired) electrons. The number of benzene rings is 21. The van der Waals surface area contributed by atoms with Gasteiger partial charge < -0.3 is 0 Å². The second-order valence-corrected chi connectivity index (χ2v) is 44.5. The number of imidazole rings is 3. The Morgan fingerprint density at radius 1 is 0.150 bits per heavy atom. The quantitative estimate of drug-likeness (QED) is 0.102. The molecular formula is C138H102N6S3. The molecule has 0 unspecified atom stereocenters. The molecule has 0 bridgehead atoms. The van der Waals surface area contributed by atoms with Gasteiger partial charge in [0.15, 0.2) is 15.5 Å². The van der Waals surface area contributed by atoms with Crippen molar-refractivity contribution in [1.29, 1.82) is 0 Å². The summed E-state index contributed by atoms with van der Waals surface area (Å²) in [7, 11) is 0. The van der Waals surface area contributed by atoms with Crippen molar-refractivity contribution >= 4 is 67.6 Å². The lowest BCUT2D eigenvalue weighted by Gasteiger charge is -2.33. The van der Waals surface area contributed by atoms with Gasteiger partial charge in [-0.05, 0) is 282 Å². The van der Waals surface area contributed by atoms with Gasteiger partial charge in [-0.25, -0.2) is 15.0 Å². The van der Waals surface area contributed by atoms with E-state index >= 15 is 0 Å². The summed E-state index contributed by atoms with van der Waals surface area (Å²) in [5, 5.41) is 10.5. The van der Waals surface area contributed by atoms with E-state index in [0.717, 1.165) is 83.0 Å². The summed E-state index contributed by atoms with van der Waals surface area (Å²) in [4.78, 5) is 16.1. The number of thioether (sulfide) groups is 3. The largest absolute Gasteiger partial charge is 0.286 e. The van der Waals surface area contributed by atoms with Crippen LogP contribution in [0, 0.1) is 0 Å². The number of nitrogens with zero attached hydrogens (tertiary/aromatic N) is 6. The van der Waals surface area contributed by atoms with Crippen molar-refractivity contribution in [3.8, 4) is 185 Å². The van der Waals surface area contributed by atoms with Crippen LogP contribution in [0.1, 0.15) is 58.2 Å². The Balaban J connectivity index is 0.000000115. The number of hydrogen-bond donors (Lipinski definition) is 0. The van der Waals surface area contributed by atoms with Gasteiger partial charge in [0.1, 0.15) is 0 Å². The Morgan fingerprint density at radius 2 is 0.327 bits per heavy atom. The molecule has 21 aromatic carbocycles. The second-order valence-electron chi connectivity index (χ2n) is 39.7. The molecule has 0 N–H and O–H groups in total. The summed E-state index contributed by atoms with van der Waals surface area (Å²) in [6.07, 6.45) is 0. The van der Waals surface area contributed by atoms with Crippen LogP contribution < -0.4 is 0 Å². The average Bonchev–Trinajstić information content (AvgIpc) is 1.59. The molecular weight excluding hydrogens is 1840 g/mol. The topological polar surface area (TPSA) is 53.5 Å². The van der Waals surface area contributed by atoms with Crippen molar-refractivity contribution in [1.82, 2.24) is 28.7 Å². The van der Waals surface area contributed by atoms with Crippen LogP contribution in [0.25, 0.3) is 217 Å². The smallest absolute Gasteiger partial charge is 0.174 e. The molecule has 9 heteroatoms. The molecule has 0 amide bonds. The highest BCUT2D eigenvalue weighted by Gasteiger charge is 2.41. The number of rotatable bonds is 15. The molecule has 0 aliphatic carbocycles. The highest BCUT2D eigenvalue weighted by molar-refractivity contribution is 8.00. The minimum Gasteiger partial charge on any atom is -0.286 e. The first-order valence-corrected chi connectivity index (χ1v) is 52.8. The molecule has 0 saturated heterocycles. The Hall–Kier alpha value is -16.9. The first-order valence-electron chi connectivity index (χ1n) is 50.4. The van der Waals surface area contributed by atoms with Crippen molar-refractivity contribution in [3.63, 3.8) is 0 Å². The second kappa shape index (κ2) is 38.3. The summed E-state index contributed by atoms with van der Waals surface area (Å²) in [6.45, 7) is 13.9. The summed E-state index contributed by atoms with van der Waals surface area (Å²) >= 11 is 5.51. The first-order chi connectivity index (χ1) is 72.0. The molecule has 147 heavy (non-hydrogen) atoms. The third kappa shape index (κ3) is 17.7. The Labute approximate surface area is 871 Å². The molecule has 6 nitrogen and oxygen atoms in total. The number of aromatic nitrogens is 6. The minimum absolute atomic E-state index is 0.141. The molecule has 0 atom stereocenters. The highest BCUT2D eigenvalue weighted by atomic mass is 32.2. The van der Waals surface area contributed by atoms with E-state index in [1.54, 1.807) is 0 Å². The molecule has 6 heterocycles. The zero-order valence-electron chi connectivity index (χ0n) is 82.4. The lowest BCUT2D eigenvalue weighted by Crippen LogP contribution is -2.22. The Morgan fingerprint density at radius 3 is 0.551 bits per heavy atom. The summed E-state index contributed by atoms with van der Waals surface area (Å²) in [6, 6.07) is 184. The van der Waals surface area contributed by atoms with E-state index in [9.17, 15) is 0 Å². The van der Waals surface area contributed by atoms with Gasteiger partial charge in [-0.3, -0.25) is 13.7 Å². The molecule has 3 aromatic heterocycles. The SMILES string of the molecule is CC1(C)Sc2nc(-c3ccccc3)c(-c3ccccc3)n2-c2cc(-c3cc(-c4ccc5ccccc5c4)cc(-c4ccc5ccccc5c4)c3)ccc21.CC1(C)Sc2nc(-c3ccccc3)c(-c3ccccc3)n2-c2cc(-c3cc(-c4ccccc4)cc(-c4ccc5ccccc5c4)c3)ccc21.CC1(C)Sc2nc(-c3ccccc3)c(-c3ccccc3)n2-c2cc(-c3cc(-c4ccccc4)cc(-c4ccccc4)c3)ccc21. The fourth-order valence-corrected chi connectivity index (χ4v) is 25.0. The lowest BCUT2D eigenvalue weighted by molar-refractivity contribution is 0.724. The van der Waals surface area contributed by atoms with Crippen molar-refractivity contribution in [3.05, 3.63) is 526 Å². The van der Waals surface area contributed by atoms with Crippen molar-refractivity contribution in [2.45, 2.75) is 71.3 Å². The van der Waals surface area contributed by atoms with Gasteiger partial charge in [-0.15, -0.1) is 0 Å². The number of fused-ring (bicyclic) bond motifs is 12. The molecule has 0 fully saturated rings. The standard InChI is InChI=1S/C50H36N2S.C46H34N2S.C42H32N2S/c1-50(2)45-26-25-41(32-46(45)52-48(36-17-7-4-8-18-36)47(51-49(52)53-50)35-15-5-3-6-16-35)44-30-42(39-23-21-33-13-9-11-19-37(33)27-39)29-43(31-44)40-24-22-34-14-10-12-20-38(34)28-40;1-46(2)41-25-24-37(30-42(41)48-44(34-19-10-5-11-20-34)43(47-45(48)49-46)33-17-8-4-9-18-33)40-28-38(31-14-6-3-7-15-31)27-39(29-40)36-23-22-32-16-12-13-21-35(32)26-36;1-42(2)37-24-23-33(36-26-34(29-15-7-3-8-16-29)25-35(27-36)30-17-9-4-10-18-30)28-38(37)44-40(32-21-13-6-14-22-32)39(43-41(44)45-42)31-19-11-5-12-20-31/h3-32H,1-2H3;3-30H,1-2H3;3-28H,1-2H3. The van der Waals surface area contributed by atoms with E-state index in [2.05, 4.69) is 565 Å². The maximum Gasteiger partial charge on any atom is 0.174 e. The van der Waals surface area contributed by atoms with Gasteiger partial charge in [-0.1, -0.05) is 454 Å². The molecule has 24 aromatic rings. The van der Waals surface area contributed by atoms with Crippen molar-refractivity contribution in [2.75, 3.05) is 0 Å². The van der Waals surface area contributed by atoms with E-state index in [1.807, 2.05) is 35.3 Å². The van der Waals surface area contributed by atoms with Crippen LogP contribution in [0.5, 0.6) is 0 Å². The predicted octanol–water partition coefficient (Wildman–Crippen LogP) is 38.1. The van der Waals surface area contributed by atoms with E-state index in [1.165, 1.54) is 166 Å². The number of hydrogen-bond acceptors (Lipinski definition) is 6. The van der Waals surface area contributed by atoms with Crippen LogP contribution in [0.3, 0.4) is 0 Å². The Bertz CT molecular complexity index is 8960. The summed E-state index contributed by atoms with van der Waals surface area (Å²) in [5.74, 6) is 0. The first kappa shape index (κ1) is 91.3. The highest BCUT2D eigenvalue weighted by Crippen LogP contribution is 2.57. The monoisotopic (exact) mass is 1940 g/mol. The van der Waals surface area contributed by atoms with Crippen molar-refractivity contribution in [2.24, 2.45) is 0 Å². The maximum absolute atomic E-state index is 5.38. The van der Waals surface area contributed by atoms with Gasteiger partial charge in [-0.2, -0.15) is 0 Å². The summed E-state index contributed by atoms with van der Waals surface area (Å²) in [5.41, 5.74) is 42.3. The maximum atomic E-state index is 5.38. The van der Waals surface area contributed by atoms with Gasteiger partial charge >= 0.3 is 0 Å². The van der Waals surface area contributed by atoms with Crippen LogP contribution >= 0.6 is 35.3 Å². The zero-order chi connectivity index (χ0) is 98.9. The van der Waals surface area contributed by atoms with Crippen LogP contribution in [-0.4, -0.2) is 28.7 Å². The van der Waals surface area contributed by atoms with Crippen LogP contribution in [0.15, 0.2) is 525 Å².